The fourth-order valence-electron chi connectivity index (χ4n) is 7.81. The van der Waals surface area contributed by atoms with Gasteiger partial charge in [-0.15, -0.1) is 0 Å². The van der Waals surface area contributed by atoms with E-state index in [-0.39, 0.29) is 36.2 Å². The van der Waals surface area contributed by atoms with Crippen molar-refractivity contribution in [3.63, 3.8) is 0 Å². The van der Waals surface area contributed by atoms with Crippen LogP contribution < -0.4 is 20.1 Å². The Bertz CT molecular complexity index is 3730. The van der Waals surface area contributed by atoms with Crippen molar-refractivity contribution < 1.29 is 45.5 Å². The van der Waals surface area contributed by atoms with Gasteiger partial charge in [-0.1, -0.05) is 53.0 Å². The predicted octanol–water partition coefficient (Wildman–Crippen LogP) is 10.5. The molecule has 0 saturated carbocycles. The van der Waals surface area contributed by atoms with Gasteiger partial charge in [0.25, 0.3) is 20.0 Å². The number of sulfonamides is 2. The Morgan fingerprint density at radius 1 is 0.493 bits per heavy atom. The molecule has 0 bridgehead atoms. The lowest BCUT2D eigenvalue weighted by atomic mass is 10.2. The van der Waals surface area contributed by atoms with Crippen LogP contribution in [-0.4, -0.2) is 74.0 Å². The second-order valence-corrected chi connectivity index (χ2v) is 24.0. The second-order valence-electron chi connectivity index (χ2n) is 18.9. The summed E-state index contributed by atoms with van der Waals surface area (Å²) in [5, 5.41) is 1.94. The number of esters is 2. The van der Waals surface area contributed by atoms with Gasteiger partial charge in [0.1, 0.15) is 24.3 Å². The Morgan fingerprint density at radius 2 is 0.893 bits per heavy atom. The minimum Gasteiger partial charge on any atom is -0.459 e. The van der Waals surface area contributed by atoms with Crippen LogP contribution in [0, 0.1) is 0 Å². The maximum Gasteiger partial charge on any atom is 0.327 e. The van der Waals surface area contributed by atoms with Gasteiger partial charge in [-0.3, -0.25) is 27.8 Å². The number of carbonyl (C=O) groups excluding carboxylic acids is 4. The van der Waals surface area contributed by atoms with Crippen LogP contribution >= 0.6 is 34.8 Å². The standard InChI is InChI=1S/C27H25Cl2N3O5S.C27H26ClN3O5S/c1-27(2,3)37-25(33)16-32(38(35,36)23-14-19(28)13-20(29)15-23)22-7-8-24-17(11-22)9-10-31(24)21-6-4-5-18(12-21)26(30)34;1-27(2,3)36-25(32)17-31(37(34,35)23-9-5-7-20(28)16-23)22-10-11-24-18(14-22)12-13-30(24)21-8-4-6-19(15-21)26(29)33/h4-15H,16H2,1-3H3,(H2,30,34);4-16H,17H2,1-3H3,(H2,29,33). The molecule has 0 spiro atoms. The number of benzene rings is 6. The quantitative estimate of drug-likeness (QED) is 0.0980. The zero-order chi connectivity index (χ0) is 54.8. The second kappa shape index (κ2) is 21.9. The van der Waals surface area contributed by atoms with E-state index in [1.807, 2.05) is 27.3 Å². The molecule has 0 radical (unpaired) electrons. The highest BCUT2D eigenvalue weighted by atomic mass is 35.5. The van der Waals surface area contributed by atoms with Gasteiger partial charge < -0.3 is 30.1 Å². The van der Waals surface area contributed by atoms with Crippen molar-refractivity contribution in [2.45, 2.75) is 62.5 Å². The Balaban J connectivity index is 0.000000219. The number of nitrogens with zero attached hydrogens (tertiary/aromatic N) is 4. The Kier molecular flexibility index (Phi) is 16.1. The molecule has 390 valence electrons. The maximum atomic E-state index is 13.8. The average molecular weight is 1110 g/mol. The summed E-state index contributed by atoms with van der Waals surface area (Å²) in [6.07, 6.45) is 3.59. The van der Waals surface area contributed by atoms with Crippen molar-refractivity contribution >= 4 is 112 Å². The molecule has 2 aromatic heterocycles. The fraction of sp³-hybridized carbons (Fsp3) is 0.185. The largest absolute Gasteiger partial charge is 0.459 e. The number of primary amides is 2. The van der Waals surface area contributed by atoms with Crippen LogP contribution in [0.3, 0.4) is 0 Å². The highest BCUT2D eigenvalue weighted by Gasteiger charge is 2.32. The zero-order valence-electron chi connectivity index (χ0n) is 41.3. The molecule has 8 aromatic rings. The third kappa shape index (κ3) is 13.3. The highest BCUT2D eigenvalue weighted by Crippen LogP contribution is 2.34. The molecule has 0 fully saturated rings. The van der Waals surface area contributed by atoms with Crippen molar-refractivity contribution in [2.75, 3.05) is 21.7 Å². The topological polar surface area (TPSA) is 223 Å². The molecular formula is C54H51Cl3N6O10S2. The van der Waals surface area contributed by atoms with Crippen molar-refractivity contribution in [3.05, 3.63) is 178 Å². The summed E-state index contributed by atoms with van der Waals surface area (Å²) in [6, 6.07) is 37.1. The number of anilines is 2. The van der Waals surface area contributed by atoms with Gasteiger partial charge >= 0.3 is 11.9 Å². The van der Waals surface area contributed by atoms with Crippen LogP contribution in [0.4, 0.5) is 11.4 Å². The van der Waals surface area contributed by atoms with Crippen LogP contribution in [0.25, 0.3) is 33.2 Å². The summed E-state index contributed by atoms with van der Waals surface area (Å²) >= 11 is 18.2. The van der Waals surface area contributed by atoms with E-state index >= 15 is 0 Å². The van der Waals surface area contributed by atoms with E-state index in [1.54, 1.807) is 139 Å². The van der Waals surface area contributed by atoms with Gasteiger partial charge in [-0.05, 0) is 163 Å². The molecule has 75 heavy (non-hydrogen) atoms. The number of rotatable bonds is 14. The number of ether oxygens (including phenoxy) is 2. The van der Waals surface area contributed by atoms with Crippen molar-refractivity contribution in [2.24, 2.45) is 11.5 Å². The van der Waals surface area contributed by atoms with Crippen LogP contribution in [-0.2, 0) is 39.1 Å². The molecule has 0 aliphatic heterocycles. The van der Waals surface area contributed by atoms with Gasteiger partial charge in [-0.2, -0.15) is 0 Å². The minimum absolute atomic E-state index is 0.0514. The molecule has 0 unspecified atom stereocenters. The van der Waals surface area contributed by atoms with Gasteiger partial charge in [0.2, 0.25) is 11.8 Å². The molecule has 21 heteroatoms. The predicted molar refractivity (Wildman–Crippen MR) is 292 cm³/mol. The van der Waals surface area contributed by atoms with Crippen LogP contribution in [0.1, 0.15) is 62.3 Å². The van der Waals surface area contributed by atoms with E-state index in [1.165, 1.54) is 36.4 Å². The van der Waals surface area contributed by atoms with Gasteiger partial charge in [-0.25, -0.2) is 16.8 Å². The van der Waals surface area contributed by atoms with E-state index < -0.39 is 68.1 Å². The summed E-state index contributed by atoms with van der Waals surface area (Å²) in [4.78, 5) is 48.5. The molecular weight excluding hydrogens is 1060 g/mol. The van der Waals surface area contributed by atoms with Gasteiger partial charge in [0.15, 0.2) is 0 Å². The fourth-order valence-corrected chi connectivity index (χ4v) is 11.6. The lowest BCUT2D eigenvalue weighted by Crippen LogP contribution is -2.39. The average Bonchev–Trinajstić information content (AvgIpc) is 3.95. The lowest BCUT2D eigenvalue weighted by Gasteiger charge is -2.26. The molecule has 4 N–H and O–H groups in total. The van der Waals surface area contributed by atoms with E-state index in [4.69, 9.17) is 55.7 Å². The smallest absolute Gasteiger partial charge is 0.327 e. The molecule has 2 amide bonds. The molecule has 16 nitrogen and oxygen atoms in total. The van der Waals surface area contributed by atoms with Crippen molar-refractivity contribution in [1.82, 2.24) is 9.13 Å². The molecule has 2 heterocycles. The first-order valence-electron chi connectivity index (χ1n) is 22.8. The van der Waals surface area contributed by atoms with E-state index in [9.17, 15) is 36.0 Å². The summed E-state index contributed by atoms with van der Waals surface area (Å²) in [5.41, 5.74) is 13.4. The first-order valence-corrected chi connectivity index (χ1v) is 26.8. The Hall–Kier alpha value is -7.35. The zero-order valence-corrected chi connectivity index (χ0v) is 45.2. The number of hydrogen-bond acceptors (Lipinski definition) is 10. The molecule has 0 atom stereocenters. The Labute approximate surface area is 449 Å². The molecule has 0 aliphatic rings. The first-order chi connectivity index (χ1) is 35.1. The third-order valence-electron chi connectivity index (χ3n) is 10.9. The van der Waals surface area contributed by atoms with Crippen LogP contribution in [0.15, 0.2) is 162 Å². The number of fused-ring (bicyclic) bond motifs is 2. The maximum absolute atomic E-state index is 13.8. The summed E-state index contributed by atoms with van der Waals surface area (Å²) in [6.45, 7) is 9.12. The first kappa shape index (κ1) is 55.4. The van der Waals surface area contributed by atoms with Crippen molar-refractivity contribution in [1.29, 1.82) is 0 Å². The van der Waals surface area contributed by atoms with Crippen LogP contribution in [0.5, 0.6) is 0 Å². The summed E-state index contributed by atoms with van der Waals surface area (Å²) < 4.78 is 71.3. The molecule has 8 rings (SSSR count). The van der Waals surface area contributed by atoms with E-state index in [2.05, 4.69) is 0 Å². The molecule has 0 saturated heterocycles. The number of nitrogens with two attached hydrogens (primary N) is 2. The number of carbonyl (C=O) groups is 4. The number of hydrogen-bond donors (Lipinski definition) is 2. The molecule has 6 aromatic carbocycles. The van der Waals surface area contributed by atoms with Crippen LogP contribution in [0.2, 0.25) is 15.1 Å². The van der Waals surface area contributed by atoms with E-state index in [0.29, 0.717) is 22.2 Å². The summed E-state index contributed by atoms with van der Waals surface area (Å²) in [5.74, 6) is -2.51. The summed E-state index contributed by atoms with van der Waals surface area (Å²) in [7, 11) is -8.44. The van der Waals surface area contributed by atoms with E-state index in [0.717, 1.165) is 30.7 Å². The monoisotopic (exact) mass is 1110 g/mol. The minimum atomic E-state index is -4.27. The number of halogens is 3. The third-order valence-corrected chi connectivity index (χ3v) is 15.1. The number of aromatic nitrogens is 2. The lowest BCUT2D eigenvalue weighted by molar-refractivity contribution is -0.153. The van der Waals surface area contributed by atoms with Crippen molar-refractivity contribution in [3.8, 4) is 11.4 Å². The van der Waals surface area contributed by atoms with Gasteiger partial charge in [0.05, 0.1) is 32.2 Å². The molecule has 0 aliphatic carbocycles. The highest BCUT2D eigenvalue weighted by molar-refractivity contribution is 7.93. The number of amides is 2. The normalized spacial score (nSPS) is 11.9. The Morgan fingerprint density at radius 3 is 1.29 bits per heavy atom. The van der Waals surface area contributed by atoms with Gasteiger partial charge in [0, 0.05) is 60.7 Å². The SMILES string of the molecule is CC(C)(C)OC(=O)CN(c1ccc2c(ccn2-c2cccc(C(N)=O)c2)c1)S(=O)(=O)c1cc(Cl)cc(Cl)c1.CC(C)(C)OC(=O)CN(c1ccc2c(ccn2-c2cccc(C(N)=O)c2)c1)S(=O)(=O)c1cccc(Cl)c1.